The minimum atomic E-state index is -2.99. The largest absolute Gasteiger partial charge is 0.416 e. The first kappa shape index (κ1) is 11.4. The summed E-state index contributed by atoms with van der Waals surface area (Å²) in [6, 6.07) is 8.85. The van der Waals surface area contributed by atoms with Gasteiger partial charge in [-0.15, -0.1) is 0 Å². The predicted octanol–water partition coefficient (Wildman–Crippen LogP) is 3.49. The zero-order chi connectivity index (χ0) is 12.3. The third-order valence-corrected chi connectivity index (χ3v) is 2.14. The number of hydrogen-bond donors (Lipinski definition) is 0. The van der Waals surface area contributed by atoms with Crippen molar-refractivity contribution in [2.45, 2.75) is 6.61 Å². The van der Waals surface area contributed by atoms with E-state index in [2.05, 4.69) is 9.72 Å². The van der Waals surface area contributed by atoms with Gasteiger partial charge in [-0.3, -0.25) is 0 Å². The van der Waals surface area contributed by atoms with Crippen molar-refractivity contribution in [3.05, 3.63) is 48.4 Å². The fourth-order valence-electron chi connectivity index (χ4n) is 1.45. The van der Waals surface area contributed by atoms with Crippen LogP contribution in [0.15, 0.2) is 42.6 Å². The Balaban J connectivity index is 2.48. The summed E-state index contributed by atoms with van der Waals surface area (Å²) in [5.41, 5.74) is 0.377. The SMILES string of the molecule is Fc1ccccc1-c1cccnc1OC(F)F. The Morgan fingerprint density at radius 3 is 2.41 bits per heavy atom. The van der Waals surface area contributed by atoms with E-state index in [-0.39, 0.29) is 17.0 Å². The van der Waals surface area contributed by atoms with Gasteiger partial charge in [-0.1, -0.05) is 18.2 Å². The van der Waals surface area contributed by atoms with Crippen LogP contribution in [0, 0.1) is 5.82 Å². The normalized spacial score (nSPS) is 10.6. The molecule has 88 valence electrons. The van der Waals surface area contributed by atoms with E-state index in [0.717, 1.165) is 0 Å². The van der Waals surface area contributed by atoms with Crippen LogP contribution in [0.2, 0.25) is 0 Å². The third-order valence-electron chi connectivity index (χ3n) is 2.14. The van der Waals surface area contributed by atoms with Gasteiger partial charge < -0.3 is 4.74 Å². The first-order valence-corrected chi connectivity index (χ1v) is 4.83. The summed E-state index contributed by atoms with van der Waals surface area (Å²) >= 11 is 0. The maximum absolute atomic E-state index is 13.5. The molecule has 1 aromatic heterocycles. The molecule has 0 radical (unpaired) electrons. The Kier molecular flexibility index (Phi) is 3.27. The van der Waals surface area contributed by atoms with Gasteiger partial charge in [0.25, 0.3) is 0 Å². The van der Waals surface area contributed by atoms with E-state index >= 15 is 0 Å². The zero-order valence-electron chi connectivity index (χ0n) is 8.61. The molecule has 0 aliphatic heterocycles. The lowest BCUT2D eigenvalue weighted by Crippen LogP contribution is -2.05. The van der Waals surface area contributed by atoms with Crippen molar-refractivity contribution >= 4 is 0 Å². The average Bonchev–Trinajstić information content (AvgIpc) is 2.30. The quantitative estimate of drug-likeness (QED) is 0.817. The molecule has 0 aliphatic carbocycles. The summed E-state index contributed by atoms with van der Waals surface area (Å²) in [6.45, 7) is -2.99. The molecule has 2 aromatic rings. The molecule has 0 saturated carbocycles. The minimum Gasteiger partial charge on any atom is -0.416 e. The number of pyridine rings is 1. The summed E-state index contributed by atoms with van der Waals surface area (Å²) < 4.78 is 42.1. The van der Waals surface area contributed by atoms with Crippen LogP contribution in [0.5, 0.6) is 5.88 Å². The molecule has 17 heavy (non-hydrogen) atoms. The van der Waals surface area contributed by atoms with Crippen LogP contribution >= 0.6 is 0 Å². The molecule has 0 N–H and O–H groups in total. The first-order chi connectivity index (χ1) is 8.18. The van der Waals surface area contributed by atoms with Crippen molar-refractivity contribution in [1.29, 1.82) is 0 Å². The summed E-state index contributed by atoms with van der Waals surface area (Å²) in [5.74, 6) is -0.799. The number of ether oxygens (including phenoxy) is 1. The highest BCUT2D eigenvalue weighted by Gasteiger charge is 2.14. The van der Waals surface area contributed by atoms with Crippen molar-refractivity contribution in [3.8, 4) is 17.0 Å². The number of rotatable bonds is 3. The molecule has 0 fully saturated rings. The van der Waals surface area contributed by atoms with Crippen molar-refractivity contribution in [1.82, 2.24) is 4.98 Å². The number of nitrogens with zero attached hydrogens (tertiary/aromatic N) is 1. The highest BCUT2D eigenvalue weighted by molar-refractivity contribution is 5.68. The van der Waals surface area contributed by atoms with Gasteiger partial charge in [0.15, 0.2) is 0 Å². The van der Waals surface area contributed by atoms with Gasteiger partial charge in [0.05, 0.1) is 0 Å². The van der Waals surface area contributed by atoms with E-state index in [1.54, 1.807) is 6.07 Å². The van der Waals surface area contributed by atoms with Crippen LogP contribution in [-0.4, -0.2) is 11.6 Å². The molecular formula is C12H8F3NO. The Morgan fingerprint density at radius 2 is 1.71 bits per heavy atom. The highest BCUT2D eigenvalue weighted by Crippen LogP contribution is 2.30. The minimum absolute atomic E-state index is 0.177. The Labute approximate surface area is 95.7 Å². The maximum atomic E-state index is 13.5. The Bertz CT molecular complexity index is 517. The van der Waals surface area contributed by atoms with E-state index in [1.807, 2.05) is 0 Å². The zero-order valence-corrected chi connectivity index (χ0v) is 8.61. The molecule has 0 bridgehead atoms. The van der Waals surface area contributed by atoms with Gasteiger partial charge in [0.1, 0.15) is 5.82 Å². The van der Waals surface area contributed by atoms with Crippen LogP contribution in [0.25, 0.3) is 11.1 Å². The van der Waals surface area contributed by atoms with Gasteiger partial charge in [0, 0.05) is 17.3 Å². The van der Waals surface area contributed by atoms with Crippen molar-refractivity contribution in [2.75, 3.05) is 0 Å². The predicted molar refractivity (Wildman–Crippen MR) is 56.3 cm³/mol. The molecular weight excluding hydrogens is 231 g/mol. The average molecular weight is 239 g/mol. The maximum Gasteiger partial charge on any atom is 0.388 e. The molecule has 2 rings (SSSR count). The molecule has 0 aliphatic rings. The number of hydrogen-bond acceptors (Lipinski definition) is 2. The number of aromatic nitrogens is 1. The fourth-order valence-corrected chi connectivity index (χ4v) is 1.45. The lowest BCUT2D eigenvalue weighted by Gasteiger charge is -2.09. The van der Waals surface area contributed by atoms with E-state index in [1.165, 1.54) is 36.5 Å². The first-order valence-electron chi connectivity index (χ1n) is 4.83. The molecule has 1 aromatic carbocycles. The molecule has 0 spiro atoms. The standard InChI is InChI=1S/C12H8F3NO/c13-10-6-2-1-4-8(10)9-5-3-7-16-11(9)17-12(14)15/h1-7,12H. The number of alkyl halides is 2. The second-order valence-electron chi connectivity index (χ2n) is 3.21. The lowest BCUT2D eigenvalue weighted by molar-refractivity contribution is -0.0524. The number of halogens is 3. The van der Waals surface area contributed by atoms with E-state index in [0.29, 0.717) is 0 Å². The van der Waals surface area contributed by atoms with Gasteiger partial charge >= 0.3 is 6.61 Å². The van der Waals surface area contributed by atoms with Gasteiger partial charge in [-0.25, -0.2) is 9.37 Å². The molecule has 5 heteroatoms. The second kappa shape index (κ2) is 4.86. The van der Waals surface area contributed by atoms with Crippen molar-refractivity contribution < 1.29 is 17.9 Å². The van der Waals surface area contributed by atoms with Gasteiger partial charge in [-0.2, -0.15) is 8.78 Å². The van der Waals surface area contributed by atoms with Crippen molar-refractivity contribution in [3.63, 3.8) is 0 Å². The van der Waals surface area contributed by atoms with Crippen LogP contribution in [0.4, 0.5) is 13.2 Å². The molecule has 0 atom stereocenters. The Hall–Kier alpha value is -2.04. The molecule has 2 nitrogen and oxygen atoms in total. The highest BCUT2D eigenvalue weighted by atomic mass is 19.3. The van der Waals surface area contributed by atoms with Gasteiger partial charge in [0.2, 0.25) is 5.88 Å². The summed E-state index contributed by atoms with van der Waals surface area (Å²) in [6.07, 6.45) is 1.31. The van der Waals surface area contributed by atoms with E-state index in [9.17, 15) is 13.2 Å². The monoisotopic (exact) mass is 239 g/mol. The van der Waals surface area contributed by atoms with Crippen LogP contribution < -0.4 is 4.74 Å². The van der Waals surface area contributed by atoms with E-state index in [4.69, 9.17) is 0 Å². The molecule has 0 unspecified atom stereocenters. The van der Waals surface area contributed by atoms with E-state index < -0.39 is 12.4 Å². The fraction of sp³-hybridized carbons (Fsp3) is 0.0833. The van der Waals surface area contributed by atoms with Crippen LogP contribution in [-0.2, 0) is 0 Å². The molecule has 0 amide bonds. The number of benzene rings is 1. The van der Waals surface area contributed by atoms with Crippen LogP contribution in [0.1, 0.15) is 0 Å². The third kappa shape index (κ3) is 2.55. The smallest absolute Gasteiger partial charge is 0.388 e. The van der Waals surface area contributed by atoms with Gasteiger partial charge in [-0.05, 0) is 18.2 Å². The summed E-state index contributed by atoms with van der Waals surface area (Å²) in [5, 5.41) is 0. The Morgan fingerprint density at radius 1 is 1.00 bits per heavy atom. The summed E-state index contributed by atoms with van der Waals surface area (Å²) in [7, 11) is 0. The topological polar surface area (TPSA) is 22.1 Å². The molecule has 0 saturated heterocycles. The van der Waals surface area contributed by atoms with Crippen LogP contribution in [0.3, 0.4) is 0 Å². The second-order valence-corrected chi connectivity index (χ2v) is 3.21. The lowest BCUT2D eigenvalue weighted by atomic mass is 10.1. The summed E-state index contributed by atoms with van der Waals surface area (Å²) in [4.78, 5) is 3.67. The van der Waals surface area contributed by atoms with Crippen molar-refractivity contribution in [2.24, 2.45) is 0 Å². The molecule has 1 heterocycles.